The van der Waals surface area contributed by atoms with E-state index < -0.39 is 0 Å². The molecule has 0 aliphatic heterocycles. The van der Waals surface area contributed by atoms with Crippen LogP contribution in [0.1, 0.15) is 24.8 Å². The van der Waals surface area contributed by atoms with Gasteiger partial charge in [0.1, 0.15) is 0 Å². The Morgan fingerprint density at radius 3 is 2.22 bits per heavy atom. The predicted molar refractivity (Wildman–Crippen MR) is 84.9 cm³/mol. The lowest BCUT2D eigenvalue weighted by Crippen LogP contribution is -1.93. The molecule has 98 valence electrons. The largest absolute Gasteiger partial charge is 0.113 e. The van der Waals surface area contributed by atoms with Crippen LogP contribution >= 0.6 is 34.8 Å². The van der Waals surface area contributed by atoms with E-state index >= 15 is 0 Å². The molecule has 0 aliphatic rings. The molecule has 1 aromatic rings. The summed E-state index contributed by atoms with van der Waals surface area (Å²) in [4.78, 5) is 0. The molecule has 1 unspecified atom stereocenters. The highest BCUT2D eigenvalue weighted by Crippen LogP contribution is 2.33. The number of halogens is 3. The van der Waals surface area contributed by atoms with Crippen LogP contribution in [-0.2, 0) is 0 Å². The number of hydrogen-bond donors (Lipinski definition) is 0. The summed E-state index contributed by atoms with van der Waals surface area (Å²) >= 11 is 18.0. The Labute approximate surface area is 125 Å². The van der Waals surface area contributed by atoms with E-state index in [1.54, 1.807) is 24.3 Å². The Morgan fingerprint density at radius 2 is 1.78 bits per heavy atom. The lowest BCUT2D eigenvalue weighted by atomic mass is 10.0. The van der Waals surface area contributed by atoms with Gasteiger partial charge < -0.3 is 0 Å². The van der Waals surface area contributed by atoms with Crippen molar-refractivity contribution in [3.8, 4) is 0 Å². The van der Waals surface area contributed by atoms with Gasteiger partial charge in [-0.15, -0.1) is 11.6 Å². The molecule has 1 rings (SSSR count). The Kier molecular flexibility index (Phi) is 8.91. The Hall–Kier alpha value is -0.690. The molecule has 0 saturated heterocycles. The van der Waals surface area contributed by atoms with Gasteiger partial charge >= 0.3 is 0 Å². The van der Waals surface area contributed by atoms with Crippen molar-refractivity contribution in [1.29, 1.82) is 0 Å². The summed E-state index contributed by atoms with van der Waals surface area (Å²) in [6.45, 7) is 11.3. The van der Waals surface area contributed by atoms with Gasteiger partial charge in [0.25, 0.3) is 0 Å². The zero-order valence-corrected chi connectivity index (χ0v) is 12.9. The molecule has 0 heterocycles. The molecule has 0 aliphatic carbocycles. The highest BCUT2D eigenvalue weighted by molar-refractivity contribution is 6.42. The maximum absolute atomic E-state index is 6.29. The fourth-order valence-electron chi connectivity index (χ4n) is 1.25. The molecule has 0 N–H and O–H groups in total. The summed E-state index contributed by atoms with van der Waals surface area (Å²) in [6.07, 6.45) is 5.18. The summed E-state index contributed by atoms with van der Waals surface area (Å²) in [5.74, 6) is 0. The van der Waals surface area contributed by atoms with E-state index in [-0.39, 0.29) is 5.38 Å². The zero-order valence-electron chi connectivity index (χ0n) is 10.6. The quantitative estimate of drug-likeness (QED) is 0.434. The van der Waals surface area contributed by atoms with Crippen molar-refractivity contribution in [1.82, 2.24) is 0 Å². The first-order valence-corrected chi connectivity index (χ1v) is 6.83. The molecular weight excluding hydrogens is 287 g/mol. The molecule has 0 fully saturated rings. The van der Waals surface area contributed by atoms with Crippen LogP contribution in [0, 0.1) is 0 Å². The van der Waals surface area contributed by atoms with E-state index in [9.17, 15) is 0 Å². The molecule has 1 atom stereocenters. The Morgan fingerprint density at radius 1 is 1.17 bits per heavy atom. The Balaban J connectivity index is 0.00000137. The summed E-state index contributed by atoms with van der Waals surface area (Å²) in [5.41, 5.74) is 1.75. The number of rotatable bonds is 4. The maximum atomic E-state index is 6.29. The molecular formula is C15H17Cl3. The van der Waals surface area contributed by atoms with Gasteiger partial charge in [0.2, 0.25) is 0 Å². The molecule has 0 amide bonds. The van der Waals surface area contributed by atoms with Crippen molar-refractivity contribution in [3.05, 3.63) is 70.8 Å². The molecule has 0 spiro atoms. The average molecular weight is 304 g/mol. The predicted octanol–water partition coefficient (Wildman–Crippen LogP) is 6.60. The topological polar surface area (TPSA) is 0 Å². The van der Waals surface area contributed by atoms with Crippen LogP contribution in [0.3, 0.4) is 0 Å². The lowest BCUT2D eigenvalue weighted by Gasteiger charge is -2.11. The number of benzene rings is 1. The van der Waals surface area contributed by atoms with Crippen LogP contribution in [0.25, 0.3) is 0 Å². The molecule has 3 heteroatoms. The van der Waals surface area contributed by atoms with Crippen LogP contribution < -0.4 is 0 Å². The summed E-state index contributed by atoms with van der Waals surface area (Å²) in [6, 6.07) is 5.32. The van der Waals surface area contributed by atoms with Gasteiger partial charge in [-0.05, 0) is 23.3 Å². The molecule has 1 aromatic carbocycles. The molecule has 18 heavy (non-hydrogen) atoms. The number of allylic oxidation sites excluding steroid dienone is 4. The first-order valence-electron chi connectivity index (χ1n) is 5.64. The van der Waals surface area contributed by atoms with Crippen molar-refractivity contribution in [2.24, 2.45) is 0 Å². The summed E-state index contributed by atoms with van der Waals surface area (Å²) in [7, 11) is 0. The fraction of sp³-hybridized carbons (Fsp3) is 0.200. The smallest absolute Gasteiger partial charge is 0.0835 e. The third-order valence-electron chi connectivity index (χ3n) is 2.07. The van der Waals surface area contributed by atoms with Gasteiger partial charge in [0.05, 0.1) is 15.4 Å². The summed E-state index contributed by atoms with van der Waals surface area (Å²) in [5, 5.41) is 0.708. The lowest BCUT2D eigenvalue weighted by molar-refractivity contribution is 1.15. The van der Waals surface area contributed by atoms with Crippen LogP contribution in [0.5, 0.6) is 0 Å². The van der Waals surface area contributed by atoms with Crippen molar-refractivity contribution in [2.75, 3.05) is 0 Å². The van der Waals surface area contributed by atoms with E-state index in [0.717, 1.165) is 11.1 Å². The highest BCUT2D eigenvalue weighted by Gasteiger charge is 2.12. The standard InChI is InChI=1S/C13H11Cl3.C2H6/c1-3-5-9(4-2)13(16)10-6-7-11(14)12(15)8-10;1-2/h3-8,13H,1-2H2;1-2H3/b9-5+;. The Bertz CT molecular complexity index is 433. The van der Waals surface area contributed by atoms with Crippen LogP contribution in [0.4, 0.5) is 0 Å². The third-order valence-corrected chi connectivity index (χ3v) is 3.32. The normalized spacial score (nSPS) is 12.2. The minimum atomic E-state index is -0.301. The minimum absolute atomic E-state index is 0.301. The first-order chi connectivity index (χ1) is 8.60. The summed E-state index contributed by atoms with van der Waals surface area (Å²) < 4.78 is 0. The van der Waals surface area contributed by atoms with Crippen LogP contribution in [0.15, 0.2) is 55.2 Å². The average Bonchev–Trinajstić information content (AvgIpc) is 2.40. The van der Waals surface area contributed by atoms with E-state index in [2.05, 4.69) is 13.2 Å². The second kappa shape index (κ2) is 9.27. The first kappa shape index (κ1) is 17.3. The van der Waals surface area contributed by atoms with Gasteiger partial charge in [-0.3, -0.25) is 0 Å². The second-order valence-electron chi connectivity index (χ2n) is 3.14. The van der Waals surface area contributed by atoms with E-state index in [1.807, 2.05) is 26.0 Å². The third kappa shape index (κ3) is 4.89. The number of hydrogen-bond acceptors (Lipinski definition) is 0. The monoisotopic (exact) mass is 302 g/mol. The van der Waals surface area contributed by atoms with Gasteiger partial charge in [-0.2, -0.15) is 0 Å². The van der Waals surface area contributed by atoms with Crippen molar-refractivity contribution >= 4 is 34.8 Å². The molecule has 0 bridgehead atoms. The minimum Gasteiger partial charge on any atom is -0.113 e. The molecule has 0 aromatic heterocycles. The molecule has 0 nitrogen and oxygen atoms in total. The van der Waals surface area contributed by atoms with Crippen LogP contribution in [-0.4, -0.2) is 0 Å². The van der Waals surface area contributed by atoms with Gasteiger partial charge in [0, 0.05) is 0 Å². The van der Waals surface area contributed by atoms with Crippen molar-refractivity contribution < 1.29 is 0 Å². The van der Waals surface area contributed by atoms with Gasteiger partial charge in [-0.25, -0.2) is 0 Å². The maximum Gasteiger partial charge on any atom is 0.0835 e. The van der Waals surface area contributed by atoms with E-state index in [4.69, 9.17) is 34.8 Å². The van der Waals surface area contributed by atoms with Gasteiger partial charge in [-0.1, -0.05) is 74.5 Å². The second-order valence-corrected chi connectivity index (χ2v) is 4.39. The van der Waals surface area contributed by atoms with E-state index in [1.165, 1.54) is 0 Å². The van der Waals surface area contributed by atoms with E-state index in [0.29, 0.717) is 10.0 Å². The fourth-order valence-corrected chi connectivity index (χ4v) is 1.86. The zero-order chi connectivity index (χ0) is 14.1. The van der Waals surface area contributed by atoms with Gasteiger partial charge in [0.15, 0.2) is 0 Å². The van der Waals surface area contributed by atoms with Crippen molar-refractivity contribution in [3.63, 3.8) is 0 Å². The molecule has 0 radical (unpaired) electrons. The van der Waals surface area contributed by atoms with Crippen molar-refractivity contribution in [2.45, 2.75) is 19.2 Å². The highest BCUT2D eigenvalue weighted by atomic mass is 35.5. The molecule has 0 saturated carbocycles. The van der Waals surface area contributed by atoms with Crippen LogP contribution in [0.2, 0.25) is 10.0 Å². The SMILES string of the molecule is C=C/C=C(\C=C)C(Cl)c1ccc(Cl)c(Cl)c1.CC. The number of alkyl halides is 1.